The third-order valence-corrected chi connectivity index (χ3v) is 4.31. The largest absolute Gasteiger partial charge is 0.373 e. The normalized spacial score (nSPS) is 22.0. The molecule has 1 aliphatic heterocycles. The standard InChI is InChI=1S/C18H26N4O2/c1-13-5-4-7-22-12-16(20-18(13)22)9-17(23)19-6-8-21-10-14(2)24-15(3)11-21/h4-5,7,12,14-15H,6,8-11H2,1-3H3,(H,19,23)/t14-,15-/m0/s1. The molecule has 6 nitrogen and oxygen atoms in total. The number of nitrogens with one attached hydrogen (secondary N) is 1. The summed E-state index contributed by atoms with van der Waals surface area (Å²) in [7, 11) is 0. The van der Waals surface area contributed by atoms with Crippen molar-refractivity contribution in [3.05, 3.63) is 35.8 Å². The molecule has 2 aromatic heterocycles. The molecule has 0 aromatic carbocycles. The van der Waals surface area contributed by atoms with Gasteiger partial charge < -0.3 is 14.5 Å². The van der Waals surface area contributed by atoms with Crippen LogP contribution in [0.2, 0.25) is 0 Å². The molecule has 0 bridgehead atoms. The van der Waals surface area contributed by atoms with E-state index in [9.17, 15) is 4.79 Å². The van der Waals surface area contributed by atoms with Crippen LogP contribution in [0.25, 0.3) is 5.65 Å². The zero-order valence-corrected chi connectivity index (χ0v) is 14.7. The van der Waals surface area contributed by atoms with Gasteiger partial charge in [-0.15, -0.1) is 0 Å². The van der Waals surface area contributed by atoms with E-state index in [1.54, 1.807) is 0 Å². The summed E-state index contributed by atoms with van der Waals surface area (Å²) in [4.78, 5) is 19.0. The Morgan fingerprint density at radius 3 is 2.83 bits per heavy atom. The highest BCUT2D eigenvalue weighted by molar-refractivity contribution is 5.78. The van der Waals surface area contributed by atoms with Crippen LogP contribution in [0.5, 0.6) is 0 Å². The molecule has 3 rings (SSSR count). The van der Waals surface area contributed by atoms with E-state index in [2.05, 4.69) is 29.0 Å². The summed E-state index contributed by atoms with van der Waals surface area (Å²) in [5.74, 6) is 0.0189. The number of pyridine rings is 1. The number of amides is 1. The molecule has 0 radical (unpaired) electrons. The number of nitrogens with zero attached hydrogens (tertiary/aromatic N) is 3. The number of morpholine rings is 1. The van der Waals surface area contributed by atoms with Crippen molar-refractivity contribution >= 4 is 11.6 Å². The van der Waals surface area contributed by atoms with Gasteiger partial charge in [0.2, 0.25) is 5.91 Å². The van der Waals surface area contributed by atoms with Crippen molar-refractivity contribution in [2.24, 2.45) is 0 Å². The first kappa shape index (κ1) is 16.9. The van der Waals surface area contributed by atoms with Gasteiger partial charge in [0.15, 0.2) is 0 Å². The molecule has 1 N–H and O–H groups in total. The van der Waals surface area contributed by atoms with Crippen molar-refractivity contribution in [2.45, 2.75) is 39.4 Å². The van der Waals surface area contributed by atoms with E-state index in [0.29, 0.717) is 13.0 Å². The van der Waals surface area contributed by atoms with Gasteiger partial charge in [-0.2, -0.15) is 0 Å². The number of hydrogen-bond acceptors (Lipinski definition) is 4. The fourth-order valence-corrected chi connectivity index (χ4v) is 3.34. The van der Waals surface area contributed by atoms with Crippen LogP contribution < -0.4 is 5.32 Å². The summed E-state index contributed by atoms with van der Waals surface area (Å²) >= 11 is 0. The lowest BCUT2D eigenvalue weighted by molar-refractivity contribution is -0.120. The number of carbonyl (C=O) groups is 1. The van der Waals surface area contributed by atoms with E-state index in [1.807, 2.05) is 35.9 Å². The van der Waals surface area contributed by atoms with Crippen molar-refractivity contribution < 1.29 is 9.53 Å². The molecule has 1 saturated heterocycles. The molecular weight excluding hydrogens is 304 g/mol. The van der Waals surface area contributed by atoms with Gasteiger partial charge >= 0.3 is 0 Å². The van der Waals surface area contributed by atoms with Crippen molar-refractivity contribution in [3.63, 3.8) is 0 Å². The van der Waals surface area contributed by atoms with Gasteiger partial charge in [0.05, 0.1) is 24.3 Å². The second kappa shape index (κ2) is 7.32. The predicted molar refractivity (Wildman–Crippen MR) is 93.1 cm³/mol. The molecular formula is C18H26N4O2. The molecule has 0 unspecified atom stereocenters. The van der Waals surface area contributed by atoms with Gasteiger partial charge in [-0.25, -0.2) is 4.98 Å². The lowest BCUT2D eigenvalue weighted by Crippen LogP contribution is -2.48. The highest BCUT2D eigenvalue weighted by Crippen LogP contribution is 2.11. The number of imidazole rings is 1. The van der Waals surface area contributed by atoms with E-state index in [4.69, 9.17) is 4.74 Å². The molecule has 130 valence electrons. The summed E-state index contributed by atoms with van der Waals surface area (Å²) in [6, 6.07) is 4.01. The van der Waals surface area contributed by atoms with E-state index in [0.717, 1.165) is 36.5 Å². The number of fused-ring (bicyclic) bond motifs is 1. The molecule has 3 heterocycles. The molecule has 6 heteroatoms. The first-order chi connectivity index (χ1) is 11.5. The van der Waals surface area contributed by atoms with E-state index < -0.39 is 0 Å². The molecule has 2 aromatic rings. The quantitative estimate of drug-likeness (QED) is 0.900. The SMILES string of the molecule is Cc1cccn2cc(CC(=O)NCCN3C[C@H](C)O[C@@H](C)C3)nc12. The summed E-state index contributed by atoms with van der Waals surface area (Å²) in [6.07, 6.45) is 4.71. The average Bonchev–Trinajstić information content (AvgIpc) is 2.90. The molecule has 1 amide bonds. The Balaban J connectivity index is 1.47. The average molecular weight is 330 g/mol. The monoisotopic (exact) mass is 330 g/mol. The Labute approximate surface area is 142 Å². The van der Waals surface area contributed by atoms with Crippen LogP contribution in [0.4, 0.5) is 0 Å². The number of aryl methyl sites for hydroxylation is 1. The fourth-order valence-electron chi connectivity index (χ4n) is 3.34. The zero-order chi connectivity index (χ0) is 17.1. The maximum Gasteiger partial charge on any atom is 0.226 e. The molecule has 2 atom stereocenters. The topological polar surface area (TPSA) is 58.9 Å². The highest BCUT2D eigenvalue weighted by Gasteiger charge is 2.21. The number of aromatic nitrogens is 2. The van der Waals surface area contributed by atoms with Gasteiger partial charge in [-0.05, 0) is 32.4 Å². The Bertz CT molecular complexity index is 702. The molecule has 0 spiro atoms. The Kier molecular flexibility index (Phi) is 5.16. The number of rotatable bonds is 5. The maximum atomic E-state index is 12.1. The minimum absolute atomic E-state index is 0.0189. The molecule has 1 fully saturated rings. The van der Waals surface area contributed by atoms with Gasteiger partial charge in [0.1, 0.15) is 5.65 Å². The maximum absolute atomic E-state index is 12.1. The van der Waals surface area contributed by atoms with Crippen molar-refractivity contribution in [2.75, 3.05) is 26.2 Å². The fraction of sp³-hybridized carbons (Fsp3) is 0.556. The Hall–Kier alpha value is -1.92. The first-order valence-corrected chi connectivity index (χ1v) is 8.59. The van der Waals surface area contributed by atoms with Gasteiger partial charge in [0, 0.05) is 38.6 Å². The van der Waals surface area contributed by atoms with Crippen LogP contribution in [0.15, 0.2) is 24.5 Å². The first-order valence-electron chi connectivity index (χ1n) is 8.59. The lowest BCUT2D eigenvalue weighted by atomic mass is 10.2. The smallest absolute Gasteiger partial charge is 0.226 e. The van der Waals surface area contributed by atoms with E-state index in [1.165, 1.54) is 0 Å². The van der Waals surface area contributed by atoms with E-state index in [-0.39, 0.29) is 18.1 Å². The molecule has 24 heavy (non-hydrogen) atoms. The van der Waals surface area contributed by atoms with Gasteiger partial charge in [0.25, 0.3) is 0 Å². The minimum Gasteiger partial charge on any atom is -0.373 e. The molecule has 1 aliphatic rings. The Morgan fingerprint density at radius 1 is 1.38 bits per heavy atom. The summed E-state index contributed by atoms with van der Waals surface area (Å²) in [5, 5.41) is 3.00. The van der Waals surface area contributed by atoms with Crippen LogP contribution >= 0.6 is 0 Å². The van der Waals surface area contributed by atoms with Crippen LogP contribution in [-0.4, -0.2) is 58.6 Å². The predicted octanol–water partition coefficient (Wildman–Crippen LogP) is 1.41. The zero-order valence-electron chi connectivity index (χ0n) is 14.7. The minimum atomic E-state index is 0.0189. The summed E-state index contributed by atoms with van der Waals surface area (Å²) in [5.41, 5.74) is 2.83. The van der Waals surface area contributed by atoms with Crippen molar-refractivity contribution in [1.29, 1.82) is 0 Å². The van der Waals surface area contributed by atoms with Crippen LogP contribution in [0.1, 0.15) is 25.1 Å². The number of carbonyl (C=O) groups excluding carboxylic acids is 1. The molecule has 0 aliphatic carbocycles. The van der Waals surface area contributed by atoms with Crippen LogP contribution in [0, 0.1) is 6.92 Å². The third-order valence-electron chi connectivity index (χ3n) is 4.31. The van der Waals surface area contributed by atoms with Crippen molar-refractivity contribution in [3.8, 4) is 0 Å². The Morgan fingerprint density at radius 2 is 2.12 bits per heavy atom. The van der Waals surface area contributed by atoms with Crippen molar-refractivity contribution in [1.82, 2.24) is 19.6 Å². The number of hydrogen-bond donors (Lipinski definition) is 1. The van der Waals surface area contributed by atoms with Gasteiger partial charge in [-0.1, -0.05) is 6.07 Å². The highest BCUT2D eigenvalue weighted by atomic mass is 16.5. The third kappa shape index (κ3) is 4.13. The summed E-state index contributed by atoms with van der Waals surface area (Å²) < 4.78 is 7.69. The van der Waals surface area contributed by atoms with Crippen LogP contribution in [0.3, 0.4) is 0 Å². The number of ether oxygens (including phenoxy) is 1. The second-order valence-corrected chi connectivity index (χ2v) is 6.70. The van der Waals surface area contributed by atoms with Gasteiger partial charge in [-0.3, -0.25) is 9.69 Å². The van der Waals surface area contributed by atoms with E-state index >= 15 is 0 Å². The van der Waals surface area contributed by atoms with Crippen LogP contribution in [-0.2, 0) is 16.0 Å². The lowest BCUT2D eigenvalue weighted by Gasteiger charge is -2.35. The second-order valence-electron chi connectivity index (χ2n) is 6.70. The summed E-state index contributed by atoms with van der Waals surface area (Å²) in [6.45, 7) is 9.56. The molecule has 0 saturated carbocycles.